The monoisotopic (exact) mass is 270 g/mol. The first-order valence-corrected chi connectivity index (χ1v) is 6.98. The van der Waals surface area contributed by atoms with Gasteiger partial charge in [0.25, 0.3) is 0 Å². The first-order chi connectivity index (χ1) is 8.49. The highest BCUT2D eigenvalue weighted by Crippen LogP contribution is 2.20. The number of piperidine rings is 1. The molecule has 1 aliphatic rings. The number of aromatic nitrogens is 2. The Morgan fingerprint density at radius 1 is 1.44 bits per heavy atom. The largest absolute Gasteiger partial charge is 0.310 e. The van der Waals surface area contributed by atoms with Gasteiger partial charge in [-0.25, -0.2) is 0 Å². The predicted octanol–water partition coefficient (Wildman–Crippen LogP) is 1.95. The van der Waals surface area contributed by atoms with Gasteiger partial charge in [0.05, 0.1) is 5.69 Å². The molecule has 0 amide bonds. The number of hydrogen-bond acceptors (Lipinski definition) is 3. The zero-order valence-electron chi connectivity index (χ0n) is 11.7. The van der Waals surface area contributed by atoms with Crippen molar-refractivity contribution in [2.24, 2.45) is 7.05 Å². The summed E-state index contributed by atoms with van der Waals surface area (Å²) in [5.74, 6) is 0. The predicted molar refractivity (Wildman–Crippen MR) is 74.9 cm³/mol. The van der Waals surface area contributed by atoms with Crippen LogP contribution >= 0.6 is 11.6 Å². The number of rotatable bonds is 3. The van der Waals surface area contributed by atoms with E-state index in [0.29, 0.717) is 12.1 Å². The van der Waals surface area contributed by atoms with Crippen LogP contribution in [0, 0.1) is 6.92 Å². The molecule has 0 radical (unpaired) electrons. The van der Waals surface area contributed by atoms with Crippen LogP contribution in [0.25, 0.3) is 0 Å². The van der Waals surface area contributed by atoms with Gasteiger partial charge in [0.15, 0.2) is 0 Å². The molecule has 1 N–H and O–H groups in total. The molecule has 0 bridgehead atoms. The quantitative estimate of drug-likeness (QED) is 0.912. The summed E-state index contributed by atoms with van der Waals surface area (Å²) in [4.78, 5) is 2.42. The fourth-order valence-corrected chi connectivity index (χ4v) is 2.84. The van der Waals surface area contributed by atoms with Gasteiger partial charge in [0, 0.05) is 31.2 Å². The van der Waals surface area contributed by atoms with Crippen LogP contribution in [0.5, 0.6) is 0 Å². The van der Waals surface area contributed by atoms with Crippen molar-refractivity contribution in [2.45, 2.75) is 45.3 Å². The van der Waals surface area contributed by atoms with Crippen LogP contribution in [0.1, 0.15) is 31.0 Å². The molecule has 0 saturated carbocycles. The Labute approximate surface area is 114 Å². The Hall–Kier alpha value is -0.580. The summed E-state index contributed by atoms with van der Waals surface area (Å²) < 4.78 is 1.74. The molecule has 0 aliphatic carbocycles. The molecule has 2 atom stereocenters. The summed E-state index contributed by atoms with van der Waals surface area (Å²) in [5, 5.41) is 8.71. The summed E-state index contributed by atoms with van der Waals surface area (Å²) in [5.41, 5.74) is 2.15. The van der Waals surface area contributed by atoms with Gasteiger partial charge in [-0.2, -0.15) is 5.10 Å². The molecular weight excluding hydrogens is 248 g/mol. The maximum atomic E-state index is 6.24. The molecule has 4 nitrogen and oxygen atoms in total. The van der Waals surface area contributed by atoms with Crippen LogP contribution in [0.2, 0.25) is 5.15 Å². The highest BCUT2D eigenvalue weighted by molar-refractivity contribution is 6.30. The van der Waals surface area contributed by atoms with Crippen molar-refractivity contribution in [1.82, 2.24) is 20.0 Å². The third kappa shape index (κ3) is 2.87. The smallest absolute Gasteiger partial charge is 0.131 e. The number of nitrogens with zero attached hydrogens (tertiary/aromatic N) is 3. The summed E-state index contributed by atoms with van der Waals surface area (Å²) in [7, 11) is 4.08. The number of nitrogens with one attached hydrogen (secondary N) is 1. The highest BCUT2D eigenvalue weighted by Gasteiger charge is 2.23. The maximum absolute atomic E-state index is 6.24. The summed E-state index contributed by atoms with van der Waals surface area (Å²) in [6.07, 6.45) is 2.41. The van der Waals surface area contributed by atoms with Crippen molar-refractivity contribution in [1.29, 1.82) is 0 Å². The summed E-state index contributed by atoms with van der Waals surface area (Å²) in [6.45, 7) is 6.29. The van der Waals surface area contributed by atoms with Gasteiger partial charge in [0.1, 0.15) is 5.15 Å². The van der Waals surface area contributed by atoms with Crippen molar-refractivity contribution in [3.8, 4) is 0 Å². The molecule has 0 spiro atoms. The molecule has 5 heteroatoms. The lowest BCUT2D eigenvalue weighted by Gasteiger charge is -2.35. The van der Waals surface area contributed by atoms with E-state index in [1.165, 1.54) is 19.4 Å². The molecule has 1 aromatic rings. The minimum Gasteiger partial charge on any atom is -0.310 e. The zero-order valence-corrected chi connectivity index (χ0v) is 12.5. The fourth-order valence-electron chi connectivity index (χ4n) is 2.60. The molecule has 1 fully saturated rings. The standard InChI is InChI=1S/C13H23ClN4/c1-9-7-11(5-6-17(9)3)15-8-12-10(2)16-18(4)13(12)14/h9,11,15H,5-8H2,1-4H3. The van der Waals surface area contributed by atoms with E-state index >= 15 is 0 Å². The van der Waals surface area contributed by atoms with E-state index in [1.54, 1.807) is 4.68 Å². The Kier molecular flexibility index (Phi) is 4.30. The molecule has 2 heterocycles. The number of hydrogen-bond donors (Lipinski definition) is 1. The van der Waals surface area contributed by atoms with E-state index in [4.69, 9.17) is 11.6 Å². The SMILES string of the molecule is Cc1nn(C)c(Cl)c1CNC1CCN(C)C(C)C1. The zero-order chi connectivity index (χ0) is 13.3. The van der Waals surface area contributed by atoms with Crippen molar-refractivity contribution in [2.75, 3.05) is 13.6 Å². The molecule has 1 aliphatic heterocycles. The van der Waals surface area contributed by atoms with Crippen molar-refractivity contribution in [3.05, 3.63) is 16.4 Å². The Morgan fingerprint density at radius 2 is 2.17 bits per heavy atom. The van der Waals surface area contributed by atoms with Crippen molar-refractivity contribution in [3.63, 3.8) is 0 Å². The number of likely N-dealkylation sites (tertiary alicyclic amines) is 1. The third-order valence-corrected chi connectivity index (χ3v) is 4.52. The topological polar surface area (TPSA) is 33.1 Å². The van der Waals surface area contributed by atoms with E-state index in [9.17, 15) is 0 Å². The Bertz CT molecular complexity index is 415. The molecule has 2 unspecified atom stereocenters. The van der Waals surface area contributed by atoms with E-state index in [2.05, 4.69) is 29.3 Å². The first-order valence-electron chi connectivity index (χ1n) is 6.60. The normalized spacial score (nSPS) is 25.6. The van der Waals surface area contributed by atoms with Crippen LogP contribution in [0.15, 0.2) is 0 Å². The molecular formula is C13H23ClN4. The van der Waals surface area contributed by atoms with Gasteiger partial charge < -0.3 is 10.2 Å². The van der Waals surface area contributed by atoms with Gasteiger partial charge in [-0.1, -0.05) is 11.6 Å². The van der Waals surface area contributed by atoms with E-state index in [0.717, 1.165) is 23.0 Å². The molecule has 102 valence electrons. The van der Waals surface area contributed by atoms with Gasteiger partial charge in [-0.15, -0.1) is 0 Å². The Morgan fingerprint density at radius 3 is 2.72 bits per heavy atom. The van der Waals surface area contributed by atoms with Crippen LogP contribution in [-0.4, -0.2) is 40.4 Å². The number of halogens is 1. The van der Waals surface area contributed by atoms with Crippen LogP contribution in [-0.2, 0) is 13.6 Å². The molecule has 2 rings (SSSR count). The minimum absolute atomic E-state index is 0.590. The van der Waals surface area contributed by atoms with Crippen LogP contribution in [0.4, 0.5) is 0 Å². The Balaban J connectivity index is 1.92. The summed E-state index contributed by atoms with van der Waals surface area (Å²) in [6, 6.07) is 1.24. The second-order valence-corrected chi connectivity index (χ2v) is 5.77. The lowest BCUT2D eigenvalue weighted by molar-refractivity contribution is 0.168. The highest BCUT2D eigenvalue weighted by atomic mass is 35.5. The van der Waals surface area contributed by atoms with E-state index in [1.807, 2.05) is 14.0 Å². The number of aryl methyl sites for hydroxylation is 2. The molecule has 0 aromatic carbocycles. The van der Waals surface area contributed by atoms with Crippen molar-refractivity contribution < 1.29 is 0 Å². The molecule has 1 saturated heterocycles. The lowest BCUT2D eigenvalue weighted by Crippen LogP contribution is -2.45. The maximum Gasteiger partial charge on any atom is 0.131 e. The van der Waals surface area contributed by atoms with Gasteiger partial charge in [-0.3, -0.25) is 4.68 Å². The first kappa shape index (κ1) is 13.8. The molecule has 18 heavy (non-hydrogen) atoms. The second-order valence-electron chi connectivity index (χ2n) is 5.41. The van der Waals surface area contributed by atoms with E-state index < -0.39 is 0 Å². The average Bonchev–Trinajstić information content (AvgIpc) is 2.56. The molecule has 1 aromatic heterocycles. The van der Waals surface area contributed by atoms with Gasteiger partial charge in [-0.05, 0) is 40.3 Å². The van der Waals surface area contributed by atoms with Gasteiger partial charge >= 0.3 is 0 Å². The van der Waals surface area contributed by atoms with Gasteiger partial charge in [0.2, 0.25) is 0 Å². The van der Waals surface area contributed by atoms with E-state index in [-0.39, 0.29) is 0 Å². The second kappa shape index (κ2) is 5.59. The van der Waals surface area contributed by atoms with Crippen LogP contribution in [0.3, 0.4) is 0 Å². The van der Waals surface area contributed by atoms with Crippen LogP contribution < -0.4 is 5.32 Å². The minimum atomic E-state index is 0.590. The third-order valence-electron chi connectivity index (χ3n) is 4.05. The fraction of sp³-hybridized carbons (Fsp3) is 0.769. The van der Waals surface area contributed by atoms with Crippen molar-refractivity contribution >= 4 is 11.6 Å². The summed E-state index contributed by atoms with van der Waals surface area (Å²) >= 11 is 6.24. The lowest BCUT2D eigenvalue weighted by atomic mass is 9.99. The average molecular weight is 271 g/mol.